The second kappa shape index (κ2) is 5.64. The van der Waals surface area contributed by atoms with Gasteiger partial charge in [0.05, 0.1) is 12.3 Å². The number of hydrogen-bond donors (Lipinski definition) is 1. The molecule has 1 aromatic rings. The van der Waals surface area contributed by atoms with Crippen molar-refractivity contribution in [3.8, 4) is 5.75 Å². The Labute approximate surface area is 92.4 Å². The third-order valence-electron chi connectivity index (χ3n) is 2.47. The van der Waals surface area contributed by atoms with E-state index < -0.39 is 0 Å². The van der Waals surface area contributed by atoms with Crippen molar-refractivity contribution in [3.05, 3.63) is 23.8 Å². The average Bonchev–Trinajstić information content (AvgIpc) is 2.17. The SMILES string of the molecule is CCC[C@H](C)COc1ccc(C)cc1N. The largest absolute Gasteiger partial charge is 0.491 e. The lowest BCUT2D eigenvalue weighted by molar-refractivity contribution is 0.253. The van der Waals surface area contributed by atoms with Gasteiger partial charge in [-0.3, -0.25) is 0 Å². The van der Waals surface area contributed by atoms with E-state index in [1.54, 1.807) is 0 Å². The van der Waals surface area contributed by atoms with Crippen LogP contribution in [0.2, 0.25) is 0 Å². The summed E-state index contributed by atoms with van der Waals surface area (Å²) in [6.45, 7) is 7.17. The maximum absolute atomic E-state index is 5.86. The van der Waals surface area contributed by atoms with E-state index in [-0.39, 0.29) is 0 Å². The summed E-state index contributed by atoms with van der Waals surface area (Å²) in [5.41, 5.74) is 7.76. The highest BCUT2D eigenvalue weighted by Crippen LogP contribution is 2.23. The van der Waals surface area contributed by atoms with Gasteiger partial charge in [0.15, 0.2) is 0 Å². The number of benzene rings is 1. The Morgan fingerprint density at radius 1 is 1.40 bits per heavy atom. The van der Waals surface area contributed by atoms with Crippen LogP contribution in [0, 0.1) is 12.8 Å². The van der Waals surface area contributed by atoms with Crippen molar-refractivity contribution < 1.29 is 4.74 Å². The van der Waals surface area contributed by atoms with Crippen LogP contribution in [-0.2, 0) is 0 Å². The van der Waals surface area contributed by atoms with Gasteiger partial charge in [0.2, 0.25) is 0 Å². The fourth-order valence-corrected chi connectivity index (χ4v) is 1.61. The molecule has 0 heterocycles. The fraction of sp³-hybridized carbons (Fsp3) is 0.538. The molecule has 0 unspecified atom stereocenters. The molecule has 0 fully saturated rings. The molecule has 2 nitrogen and oxygen atoms in total. The molecule has 0 aliphatic heterocycles. The zero-order chi connectivity index (χ0) is 11.3. The predicted octanol–water partition coefficient (Wildman–Crippen LogP) is 3.39. The minimum Gasteiger partial charge on any atom is -0.491 e. The van der Waals surface area contributed by atoms with Crippen LogP contribution in [-0.4, -0.2) is 6.61 Å². The van der Waals surface area contributed by atoms with Gasteiger partial charge in [0, 0.05) is 0 Å². The Bertz CT molecular complexity index is 309. The number of nitrogens with two attached hydrogens (primary N) is 1. The monoisotopic (exact) mass is 207 g/mol. The van der Waals surface area contributed by atoms with Gasteiger partial charge >= 0.3 is 0 Å². The first-order valence-corrected chi connectivity index (χ1v) is 5.62. The van der Waals surface area contributed by atoms with Crippen molar-refractivity contribution in [2.75, 3.05) is 12.3 Å². The van der Waals surface area contributed by atoms with Crippen molar-refractivity contribution in [2.45, 2.75) is 33.6 Å². The van der Waals surface area contributed by atoms with E-state index in [1.807, 2.05) is 25.1 Å². The summed E-state index contributed by atoms with van der Waals surface area (Å²) in [5.74, 6) is 1.40. The number of anilines is 1. The van der Waals surface area contributed by atoms with Crippen LogP contribution in [0.15, 0.2) is 18.2 Å². The molecule has 0 spiro atoms. The van der Waals surface area contributed by atoms with E-state index in [1.165, 1.54) is 18.4 Å². The van der Waals surface area contributed by atoms with Crippen molar-refractivity contribution >= 4 is 5.69 Å². The average molecular weight is 207 g/mol. The summed E-state index contributed by atoms with van der Waals surface area (Å²) in [4.78, 5) is 0. The molecule has 2 heteroatoms. The van der Waals surface area contributed by atoms with Gasteiger partial charge in [-0.15, -0.1) is 0 Å². The molecule has 1 atom stereocenters. The van der Waals surface area contributed by atoms with Crippen LogP contribution in [0.3, 0.4) is 0 Å². The molecule has 0 saturated heterocycles. The molecule has 84 valence electrons. The zero-order valence-corrected chi connectivity index (χ0v) is 9.92. The second-order valence-corrected chi connectivity index (χ2v) is 4.25. The topological polar surface area (TPSA) is 35.2 Å². The summed E-state index contributed by atoms with van der Waals surface area (Å²) < 4.78 is 5.68. The summed E-state index contributed by atoms with van der Waals surface area (Å²) in [7, 11) is 0. The highest BCUT2D eigenvalue weighted by atomic mass is 16.5. The van der Waals surface area contributed by atoms with Crippen LogP contribution < -0.4 is 10.5 Å². The van der Waals surface area contributed by atoms with Crippen molar-refractivity contribution in [1.29, 1.82) is 0 Å². The molecule has 1 rings (SSSR count). The molecule has 0 radical (unpaired) electrons. The van der Waals surface area contributed by atoms with Crippen molar-refractivity contribution in [3.63, 3.8) is 0 Å². The molecule has 2 N–H and O–H groups in total. The van der Waals surface area contributed by atoms with E-state index in [0.717, 1.165) is 18.0 Å². The van der Waals surface area contributed by atoms with Crippen LogP contribution in [0.5, 0.6) is 5.75 Å². The molecular formula is C13H21NO. The van der Waals surface area contributed by atoms with E-state index >= 15 is 0 Å². The van der Waals surface area contributed by atoms with Gasteiger partial charge in [-0.2, -0.15) is 0 Å². The smallest absolute Gasteiger partial charge is 0.142 e. The summed E-state index contributed by atoms with van der Waals surface area (Å²) in [6, 6.07) is 5.92. The van der Waals surface area contributed by atoms with Crippen LogP contribution in [0.25, 0.3) is 0 Å². The minimum atomic E-state index is 0.593. The lowest BCUT2D eigenvalue weighted by Crippen LogP contribution is -2.09. The molecule has 0 saturated carbocycles. The van der Waals surface area contributed by atoms with Gasteiger partial charge in [-0.25, -0.2) is 0 Å². The maximum Gasteiger partial charge on any atom is 0.142 e. The van der Waals surface area contributed by atoms with E-state index in [9.17, 15) is 0 Å². The standard InChI is InChI=1S/C13H21NO/c1-4-5-11(3)9-15-13-7-6-10(2)8-12(13)14/h6-8,11H,4-5,9,14H2,1-3H3/t11-/m0/s1. The zero-order valence-electron chi connectivity index (χ0n) is 9.92. The summed E-state index contributed by atoms with van der Waals surface area (Å²) in [6.07, 6.45) is 2.40. The van der Waals surface area contributed by atoms with E-state index in [0.29, 0.717) is 5.92 Å². The first-order chi connectivity index (χ1) is 7.13. The van der Waals surface area contributed by atoms with Gasteiger partial charge < -0.3 is 10.5 Å². The van der Waals surface area contributed by atoms with Crippen LogP contribution in [0.1, 0.15) is 32.3 Å². The van der Waals surface area contributed by atoms with Gasteiger partial charge in [0.25, 0.3) is 0 Å². The molecule has 0 aromatic heterocycles. The molecule has 1 aromatic carbocycles. The Morgan fingerprint density at radius 3 is 2.73 bits per heavy atom. The Hall–Kier alpha value is -1.18. The van der Waals surface area contributed by atoms with E-state index in [4.69, 9.17) is 10.5 Å². The Kier molecular flexibility index (Phi) is 4.47. The highest BCUT2D eigenvalue weighted by Gasteiger charge is 2.04. The van der Waals surface area contributed by atoms with Crippen molar-refractivity contribution in [1.82, 2.24) is 0 Å². The molecule has 0 aliphatic rings. The molecular weight excluding hydrogens is 186 g/mol. The predicted molar refractivity (Wildman–Crippen MR) is 65.2 cm³/mol. The third kappa shape index (κ3) is 3.82. The molecule has 0 amide bonds. The van der Waals surface area contributed by atoms with Gasteiger partial charge in [0.1, 0.15) is 5.75 Å². The molecule has 0 bridgehead atoms. The second-order valence-electron chi connectivity index (χ2n) is 4.25. The lowest BCUT2D eigenvalue weighted by atomic mass is 10.1. The summed E-state index contributed by atoms with van der Waals surface area (Å²) >= 11 is 0. The van der Waals surface area contributed by atoms with Crippen LogP contribution in [0.4, 0.5) is 5.69 Å². The maximum atomic E-state index is 5.86. The number of ether oxygens (including phenoxy) is 1. The first kappa shape index (κ1) is 11.9. The van der Waals surface area contributed by atoms with Crippen LogP contribution >= 0.6 is 0 Å². The van der Waals surface area contributed by atoms with Gasteiger partial charge in [-0.1, -0.05) is 26.3 Å². The quantitative estimate of drug-likeness (QED) is 0.751. The van der Waals surface area contributed by atoms with E-state index in [2.05, 4.69) is 13.8 Å². The number of rotatable bonds is 5. The third-order valence-corrected chi connectivity index (χ3v) is 2.47. The fourth-order valence-electron chi connectivity index (χ4n) is 1.61. The Morgan fingerprint density at radius 2 is 2.13 bits per heavy atom. The lowest BCUT2D eigenvalue weighted by Gasteiger charge is -2.13. The molecule has 0 aliphatic carbocycles. The minimum absolute atomic E-state index is 0.593. The number of nitrogen functional groups attached to an aromatic ring is 1. The number of aryl methyl sites for hydroxylation is 1. The summed E-state index contributed by atoms with van der Waals surface area (Å²) in [5, 5.41) is 0. The molecule has 15 heavy (non-hydrogen) atoms. The first-order valence-electron chi connectivity index (χ1n) is 5.62. The Balaban J connectivity index is 2.50. The number of hydrogen-bond acceptors (Lipinski definition) is 2. The normalized spacial score (nSPS) is 12.5. The highest BCUT2D eigenvalue weighted by molar-refractivity contribution is 5.53. The van der Waals surface area contributed by atoms with Gasteiger partial charge in [-0.05, 0) is 37.0 Å². The van der Waals surface area contributed by atoms with Crippen molar-refractivity contribution in [2.24, 2.45) is 5.92 Å².